The van der Waals surface area contributed by atoms with Crippen LogP contribution in [0.3, 0.4) is 0 Å². The minimum Gasteiger partial charge on any atom is -0.476 e. The second-order valence-corrected chi connectivity index (χ2v) is 3.01. The van der Waals surface area contributed by atoms with Crippen LogP contribution in [0.1, 0.15) is 23.7 Å². The topological polar surface area (TPSA) is 93.6 Å². The van der Waals surface area contributed by atoms with Gasteiger partial charge in [-0.15, -0.1) is 5.10 Å². The van der Waals surface area contributed by atoms with Crippen molar-refractivity contribution in [2.45, 2.75) is 20.8 Å². The summed E-state index contributed by atoms with van der Waals surface area (Å²) < 4.78 is 5.25. The molecule has 6 heteroatoms. The number of aryl methyl sites for hydroxylation is 1. The normalized spacial score (nSPS) is 11.5. The van der Waals surface area contributed by atoms with Crippen molar-refractivity contribution in [2.24, 2.45) is 10.9 Å². The molecule has 0 aliphatic carbocycles. The first-order chi connectivity index (χ1) is 7.11. The average molecular weight is 210 g/mol. The summed E-state index contributed by atoms with van der Waals surface area (Å²) in [5, 5.41) is 19.4. The van der Waals surface area contributed by atoms with E-state index in [-0.39, 0.29) is 11.7 Å². The number of hydrogen-bond acceptors (Lipinski definition) is 5. The molecule has 0 saturated heterocycles. The molecule has 1 rings (SSSR count). The Kier molecular flexibility index (Phi) is 3.43. The Bertz CT molecular complexity index is 390. The lowest BCUT2D eigenvalue weighted by atomic mass is 10.1. The number of nitrogens with two attached hydrogens (primary N) is 1. The zero-order valence-electron chi connectivity index (χ0n) is 8.98. The van der Waals surface area contributed by atoms with Crippen LogP contribution in [0.4, 0.5) is 0 Å². The summed E-state index contributed by atoms with van der Waals surface area (Å²) in [4.78, 5) is 0. The smallest absolute Gasteiger partial charge is 0.244 e. The predicted octanol–water partition coefficient (Wildman–Crippen LogP) is 0.587. The summed E-state index contributed by atoms with van der Waals surface area (Å²) in [7, 11) is 0. The molecule has 6 nitrogen and oxygen atoms in total. The first kappa shape index (κ1) is 11.2. The number of nitrogens with zero attached hydrogens (tertiary/aromatic N) is 3. The maximum Gasteiger partial charge on any atom is 0.244 e. The second-order valence-electron chi connectivity index (χ2n) is 3.01. The number of amidine groups is 1. The Morgan fingerprint density at radius 2 is 2.13 bits per heavy atom. The van der Waals surface area contributed by atoms with Gasteiger partial charge in [-0.1, -0.05) is 5.16 Å². The summed E-state index contributed by atoms with van der Waals surface area (Å²) in [6, 6.07) is 0. The van der Waals surface area contributed by atoms with Gasteiger partial charge in [-0.3, -0.25) is 0 Å². The average Bonchev–Trinajstić information content (AvgIpc) is 2.23. The fraction of sp³-hybridized carbons (Fsp3) is 0.444. The second kappa shape index (κ2) is 4.59. The molecule has 0 fully saturated rings. The van der Waals surface area contributed by atoms with Crippen molar-refractivity contribution < 1.29 is 9.94 Å². The van der Waals surface area contributed by atoms with Crippen LogP contribution in [-0.4, -0.2) is 27.8 Å². The summed E-state index contributed by atoms with van der Waals surface area (Å²) >= 11 is 0. The number of aromatic nitrogens is 2. The van der Waals surface area contributed by atoms with E-state index in [9.17, 15) is 0 Å². The van der Waals surface area contributed by atoms with Gasteiger partial charge in [0.1, 0.15) is 0 Å². The van der Waals surface area contributed by atoms with E-state index in [2.05, 4.69) is 15.4 Å². The van der Waals surface area contributed by atoms with Crippen molar-refractivity contribution in [1.29, 1.82) is 0 Å². The third-order valence-corrected chi connectivity index (χ3v) is 2.07. The summed E-state index contributed by atoms with van der Waals surface area (Å²) in [6.07, 6.45) is 0. The minimum absolute atomic E-state index is 0.0195. The predicted molar refractivity (Wildman–Crippen MR) is 55.2 cm³/mol. The van der Waals surface area contributed by atoms with Crippen molar-refractivity contribution in [3.8, 4) is 5.88 Å². The lowest BCUT2D eigenvalue weighted by molar-refractivity contribution is 0.313. The van der Waals surface area contributed by atoms with Gasteiger partial charge in [0.15, 0.2) is 5.84 Å². The molecule has 1 heterocycles. The van der Waals surface area contributed by atoms with Gasteiger partial charge in [-0.2, -0.15) is 5.10 Å². The van der Waals surface area contributed by atoms with Crippen LogP contribution in [0.2, 0.25) is 0 Å². The van der Waals surface area contributed by atoms with Gasteiger partial charge in [0.2, 0.25) is 5.88 Å². The fourth-order valence-corrected chi connectivity index (χ4v) is 1.18. The Balaban J connectivity index is 3.35. The molecule has 0 radical (unpaired) electrons. The first-order valence-electron chi connectivity index (χ1n) is 4.56. The zero-order chi connectivity index (χ0) is 11.4. The number of oxime groups is 1. The molecule has 0 bridgehead atoms. The molecule has 0 saturated carbocycles. The van der Waals surface area contributed by atoms with E-state index in [1.165, 1.54) is 0 Å². The molecule has 0 aromatic carbocycles. The van der Waals surface area contributed by atoms with Crippen molar-refractivity contribution in [1.82, 2.24) is 10.2 Å². The van der Waals surface area contributed by atoms with Gasteiger partial charge < -0.3 is 15.7 Å². The third-order valence-electron chi connectivity index (χ3n) is 2.07. The summed E-state index contributed by atoms with van der Waals surface area (Å²) in [5.41, 5.74) is 7.56. The van der Waals surface area contributed by atoms with E-state index < -0.39 is 0 Å². The van der Waals surface area contributed by atoms with E-state index in [4.69, 9.17) is 15.7 Å². The van der Waals surface area contributed by atoms with E-state index in [0.29, 0.717) is 12.2 Å². The summed E-state index contributed by atoms with van der Waals surface area (Å²) in [6.45, 7) is 5.89. The van der Waals surface area contributed by atoms with E-state index >= 15 is 0 Å². The van der Waals surface area contributed by atoms with E-state index in [1.54, 1.807) is 6.92 Å². The van der Waals surface area contributed by atoms with Crippen LogP contribution < -0.4 is 10.5 Å². The van der Waals surface area contributed by atoms with Gasteiger partial charge in [0.25, 0.3) is 0 Å². The molecule has 3 N–H and O–H groups in total. The lowest BCUT2D eigenvalue weighted by Crippen LogP contribution is -2.18. The Hall–Kier alpha value is -1.85. The van der Waals surface area contributed by atoms with Crippen LogP contribution >= 0.6 is 0 Å². The number of hydrogen-bond donors (Lipinski definition) is 2. The molecule has 0 aliphatic heterocycles. The molecular formula is C9H14N4O2. The first-order valence-corrected chi connectivity index (χ1v) is 4.56. The Morgan fingerprint density at radius 3 is 2.67 bits per heavy atom. The molecular weight excluding hydrogens is 196 g/mol. The number of ether oxygens (including phenoxy) is 1. The molecule has 1 aromatic rings. The van der Waals surface area contributed by atoms with Crippen LogP contribution in [0.25, 0.3) is 0 Å². The highest BCUT2D eigenvalue weighted by Crippen LogP contribution is 2.19. The maximum atomic E-state index is 8.66. The molecule has 0 aliphatic rings. The Labute approximate surface area is 87.8 Å². The van der Waals surface area contributed by atoms with Gasteiger partial charge >= 0.3 is 0 Å². The maximum absolute atomic E-state index is 8.66. The standard InChI is InChI=1S/C9H14N4O2/c1-4-15-9-7(8(10)13-14)5(2)6(3)11-12-9/h14H,4H2,1-3H3,(H2,10,13). The fourth-order valence-electron chi connectivity index (χ4n) is 1.18. The van der Waals surface area contributed by atoms with Gasteiger partial charge in [-0.05, 0) is 26.3 Å². The van der Waals surface area contributed by atoms with Crippen molar-refractivity contribution in [3.63, 3.8) is 0 Å². The molecule has 82 valence electrons. The van der Waals surface area contributed by atoms with E-state index in [1.807, 2.05) is 13.8 Å². The zero-order valence-corrected chi connectivity index (χ0v) is 8.98. The van der Waals surface area contributed by atoms with Crippen molar-refractivity contribution in [3.05, 3.63) is 16.8 Å². The van der Waals surface area contributed by atoms with Crippen LogP contribution in [0.5, 0.6) is 5.88 Å². The largest absolute Gasteiger partial charge is 0.476 e. The molecule has 15 heavy (non-hydrogen) atoms. The highest BCUT2D eigenvalue weighted by Gasteiger charge is 2.15. The van der Waals surface area contributed by atoms with Crippen molar-refractivity contribution >= 4 is 5.84 Å². The molecule has 0 spiro atoms. The van der Waals surface area contributed by atoms with Gasteiger partial charge in [0, 0.05) is 0 Å². The highest BCUT2D eigenvalue weighted by molar-refractivity contribution is 6.00. The molecule has 1 aromatic heterocycles. The molecule has 0 unspecified atom stereocenters. The minimum atomic E-state index is -0.0195. The SMILES string of the molecule is CCOc1nnc(C)c(C)c1/C(N)=N/O. The lowest BCUT2D eigenvalue weighted by Gasteiger charge is -2.10. The van der Waals surface area contributed by atoms with Gasteiger partial charge in [0.05, 0.1) is 17.9 Å². The molecule has 0 atom stereocenters. The molecule has 0 amide bonds. The third kappa shape index (κ3) is 2.15. The van der Waals surface area contributed by atoms with Crippen LogP contribution in [0, 0.1) is 13.8 Å². The summed E-state index contributed by atoms with van der Waals surface area (Å²) in [5.74, 6) is 0.268. The van der Waals surface area contributed by atoms with Crippen molar-refractivity contribution in [2.75, 3.05) is 6.61 Å². The monoisotopic (exact) mass is 210 g/mol. The Morgan fingerprint density at radius 1 is 1.47 bits per heavy atom. The number of rotatable bonds is 3. The van der Waals surface area contributed by atoms with E-state index in [0.717, 1.165) is 11.3 Å². The highest BCUT2D eigenvalue weighted by atomic mass is 16.5. The quantitative estimate of drug-likeness (QED) is 0.329. The van der Waals surface area contributed by atoms with Crippen LogP contribution in [0.15, 0.2) is 5.16 Å². The van der Waals surface area contributed by atoms with Crippen LogP contribution in [-0.2, 0) is 0 Å². The van der Waals surface area contributed by atoms with Gasteiger partial charge in [-0.25, -0.2) is 0 Å².